The van der Waals surface area contributed by atoms with Crippen molar-refractivity contribution in [3.05, 3.63) is 65.5 Å². The van der Waals surface area contributed by atoms with Crippen LogP contribution in [0.1, 0.15) is 11.1 Å². The fourth-order valence-corrected chi connectivity index (χ4v) is 1.82. The maximum absolute atomic E-state index is 13.0. The van der Waals surface area contributed by atoms with Crippen LogP contribution in [0.4, 0.5) is 4.39 Å². The van der Waals surface area contributed by atoms with Gasteiger partial charge < -0.3 is 0 Å². The first-order chi connectivity index (χ1) is 7.25. The van der Waals surface area contributed by atoms with Crippen LogP contribution in [-0.4, -0.2) is 0 Å². The first-order valence-corrected chi connectivity index (χ1v) is 5.41. The zero-order chi connectivity index (χ0) is 10.7. The predicted molar refractivity (Wildman–Crippen MR) is 65.0 cm³/mol. The molecule has 0 aliphatic carbocycles. The van der Waals surface area contributed by atoms with Crippen LogP contribution in [0.15, 0.2) is 48.5 Å². The third-order valence-corrected chi connectivity index (χ3v) is 2.91. The van der Waals surface area contributed by atoms with E-state index in [2.05, 4.69) is 21.4 Å². The molecule has 0 N–H and O–H groups in total. The second kappa shape index (κ2) is 4.55. The van der Waals surface area contributed by atoms with Crippen LogP contribution in [0.2, 0.25) is 0 Å². The highest BCUT2D eigenvalue weighted by atomic mass is 31.0. The molecule has 2 rings (SSSR count). The second-order valence-corrected chi connectivity index (χ2v) is 4.13. The second-order valence-electron chi connectivity index (χ2n) is 3.51. The van der Waals surface area contributed by atoms with E-state index in [-0.39, 0.29) is 5.82 Å². The molecule has 0 fully saturated rings. The number of hydrogen-bond donors (Lipinski definition) is 0. The molecule has 1 atom stereocenters. The highest BCUT2D eigenvalue weighted by Gasteiger charge is 2.01. The van der Waals surface area contributed by atoms with Gasteiger partial charge in [-0.3, -0.25) is 0 Å². The lowest BCUT2D eigenvalue weighted by molar-refractivity contribution is 0.626. The molecule has 0 saturated heterocycles. The van der Waals surface area contributed by atoms with Gasteiger partial charge in [-0.1, -0.05) is 36.4 Å². The Morgan fingerprint density at radius 1 is 1.00 bits per heavy atom. The van der Waals surface area contributed by atoms with Crippen LogP contribution in [0.3, 0.4) is 0 Å². The summed E-state index contributed by atoms with van der Waals surface area (Å²) in [7, 11) is 2.64. The van der Waals surface area contributed by atoms with Gasteiger partial charge in [0.1, 0.15) is 5.82 Å². The lowest BCUT2D eigenvalue weighted by atomic mass is 10.1. The minimum absolute atomic E-state index is 0.174. The highest BCUT2D eigenvalue weighted by molar-refractivity contribution is 7.27. The first-order valence-electron chi connectivity index (χ1n) is 4.83. The zero-order valence-corrected chi connectivity index (χ0v) is 9.44. The maximum atomic E-state index is 13.0. The normalized spacial score (nSPS) is 10.3. The summed E-state index contributed by atoms with van der Waals surface area (Å²) >= 11 is 0. The van der Waals surface area contributed by atoms with E-state index in [1.165, 1.54) is 11.6 Å². The van der Waals surface area contributed by atoms with Gasteiger partial charge >= 0.3 is 0 Å². The van der Waals surface area contributed by atoms with E-state index in [0.717, 1.165) is 17.3 Å². The van der Waals surface area contributed by atoms with E-state index in [4.69, 9.17) is 0 Å². The van der Waals surface area contributed by atoms with Crippen molar-refractivity contribution in [1.29, 1.82) is 0 Å². The van der Waals surface area contributed by atoms with Gasteiger partial charge in [-0.25, -0.2) is 4.39 Å². The molecule has 15 heavy (non-hydrogen) atoms. The lowest BCUT2D eigenvalue weighted by Crippen LogP contribution is -2.02. The van der Waals surface area contributed by atoms with Gasteiger partial charge in [0, 0.05) is 0 Å². The van der Waals surface area contributed by atoms with E-state index >= 15 is 0 Å². The van der Waals surface area contributed by atoms with E-state index in [0.29, 0.717) is 0 Å². The SMILES string of the molecule is Fc1ccc(P)c(Cc2ccccc2)c1. The molecule has 0 bridgehead atoms. The molecule has 0 aromatic heterocycles. The first kappa shape index (κ1) is 10.3. The molecule has 0 aliphatic rings. The van der Waals surface area contributed by atoms with Crippen molar-refractivity contribution < 1.29 is 4.39 Å². The molecular formula is C13H12FP. The van der Waals surface area contributed by atoms with Crippen LogP contribution < -0.4 is 5.30 Å². The maximum Gasteiger partial charge on any atom is 0.123 e. The standard InChI is InChI=1S/C13H12FP/c14-12-6-7-13(15)11(9-12)8-10-4-2-1-3-5-10/h1-7,9H,8,15H2. The van der Waals surface area contributed by atoms with Gasteiger partial charge in [0.05, 0.1) is 0 Å². The molecule has 0 saturated carbocycles. The molecule has 2 heteroatoms. The summed E-state index contributed by atoms with van der Waals surface area (Å²) < 4.78 is 13.0. The average molecular weight is 218 g/mol. The van der Waals surface area contributed by atoms with E-state index in [9.17, 15) is 4.39 Å². The summed E-state index contributed by atoms with van der Waals surface area (Å²) in [4.78, 5) is 0. The Balaban J connectivity index is 2.28. The van der Waals surface area contributed by atoms with Gasteiger partial charge in [0.25, 0.3) is 0 Å². The Morgan fingerprint density at radius 2 is 1.73 bits per heavy atom. The molecule has 2 aromatic rings. The van der Waals surface area contributed by atoms with Crippen molar-refractivity contribution in [2.75, 3.05) is 0 Å². The highest BCUT2D eigenvalue weighted by Crippen LogP contribution is 2.11. The van der Waals surface area contributed by atoms with Crippen LogP contribution in [-0.2, 0) is 6.42 Å². The molecule has 0 aliphatic heterocycles. The summed E-state index contributed by atoms with van der Waals surface area (Å²) in [5.41, 5.74) is 2.22. The summed E-state index contributed by atoms with van der Waals surface area (Å²) in [6.07, 6.45) is 0.775. The van der Waals surface area contributed by atoms with Crippen LogP contribution in [0.25, 0.3) is 0 Å². The third kappa shape index (κ3) is 2.64. The molecule has 0 spiro atoms. The van der Waals surface area contributed by atoms with Crippen molar-refractivity contribution in [2.24, 2.45) is 0 Å². The Hall–Kier alpha value is -1.20. The van der Waals surface area contributed by atoms with Crippen LogP contribution in [0, 0.1) is 5.82 Å². The van der Waals surface area contributed by atoms with Gasteiger partial charge in [0.2, 0.25) is 0 Å². The Labute approximate surface area is 91.3 Å². The monoisotopic (exact) mass is 218 g/mol. The van der Waals surface area contributed by atoms with Gasteiger partial charge in [-0.2, -0.15) is 0 Å². The Kier molecular flexibility index (Phi) is 3.13. The molecule has 76 valence electrons. The number of hydrogen-bond acceptors (Lipinski definition) is 0. The fourth-order valence-electron chi connectivity index (χ4n) is 1.54. The quantitative estimate of drug-likeness (QED) is 0.680. The molecule has 2 aromatic carbocycles. The number of rotatable bonds is 2. The largest absolute Gasteiger partial charge is 0.207 e. The van der Waals surface area contributed by atoms with Crippen molar-refractivity contribution >= 4 is 14.5 Å². The molecule has 1 unspecified atom stereocenters. The van der Waals surface area contributed by atoms with E-state index in [1.807, 2.05) is 18.2 Å². The number of halogens is 1. The molecule has 0 heterocycles. The number of benzene rings is 2. The lowest BCUT2D eigenvalue weighted by Gasteiger charge is -2.05. The van der Waals surface area contributed by atoms with Crippen molar-refractivity contribution in [2.45, 2.75) is 6.42 Å². The van der Waals surface area contributed by atoms with Crippen LogP contribution >= 0.6 is 9.24 Å². The topological polar surface area (TPSA) is 0 Å². The molecule has 0 nitrogen and oxygen atoms in total. The summed E-state index contributed by atoms with van der Waals surface area (Å²) in [5.74, 6) is -0.174. The minimum Gasteiger partial charge on any atom is -0.207 e. The van der Waals surface area contributed by atoms with Gasteiger partial charge in [-0.05, 0) is 35.0 Å². The van der Waals surface area contributed by atoms with Gasteiger partial charge in [0.15, 0.2) is 0 Å². The smallest absolute Gasteiger partial charge is 0.123 e. The fraction of sp³-hybridized carbons (Fsp3) is 0.0769. The zero-order valence-electron chi connectivity index (χ0n) is 8.28. The van der Waals surface area contributed by atoms with E-state index < -0.39 is 0 Å². The average Bonchev–Trinajstić information content (AvgIpc) is 2.25. The molecular weight excluding hydrogens is 206 g/mol. The minimum atomic E-state index is -0.174. The van der Waals surface area contributed by atoms with Crippen molar-refractivity contribution in [1.82, 2.24) is 0 Å². The third-order valence-electron chi connectivity index (χ3n) is 2.34. The summed E-state index contributed by atoms with van der Waals surface area (Å²) in [6, 6.07) is 14.9. The Bertz CT molecular complexity index is 451. The molecule has 0 radical (unpaired) electrons. The molecule has 0 amide bonds. The van der Waals surface area contributed by atoms with E-state index in [1.54, 1.807) is 12.1 Å². The predicted octanol–water partition coefficient (Wildman–Crippen LogP) is 2.92. The van der Waals surface area contributed by atoms with Crippen molar-refractivity contribution in [3.63, 3.8) is 0 Å². The van der Waals surface area contributed by atoms with Gasteiger partial charge in [-0.15, -0.1) is 9.24 Å². The van der Waals surface area contributed by atoms with Crippen LogP contribution in [0.5, 0.6) is 0 Å². The summed E-state index contributed by atoms with van der Waals surface area (Å²) in [6.45, 7) is 0. The van der Waals surface area contributed by atoms with Crippen molar-refractivity contribution in [3.8, 4) is 0 Å². The Morgan fingerprint density at radius 3 is 2.47 bits per heavy atom. The summed E-state index contributed by atoms with van der Waals surface area (Å²) in [5, 5.41) is 1.06.